The van der Waals surface area contributed by atoms with E-state index in [0.717, 1.165) is 13.1 Å². The number of nitrogens with two attached hydrogens (primary N) is 1. The van der Waals surface area contributed by atoms with Crippen LogP contribution >= 0.6 is 0 Å². The molecule has 1 saturated heterocycles. The van der Waals surface area contributed by atoms with Crippen molar-refractivity contribution in [2.45, 2.75) is 18.9 Å². The first-order valence-electron chi connectivity index (χ1n) is 4.90. The maximum atomic E-state index is 10.7. The highest BCUT2D eigenvalue weighted by Crippen LogP contribution is 2.05. The molecule has 1 heterocycles. The van der Waals surface area contributed by atoms with Crippen molar-refractivity contribution in [2.75, 3.05) is 32.4 Å². The molecule has 0 bridgehead atoms. The van der Waals surface area contributed by atoms with Gasteiger partial charge in [-0.25, -0.2) is 13.6 Å². The molecule has 3 N–H and O–H groups in total. The fraction of sp³-hybridized carbons (Fsp3) is 1.00. The third kappa shape index (κ3) is 4.90. The molecule has 1 aliphatic rings. The van der Waals surface area contributed by atoms with E-state index in [1.165, 1.54) is 12.8 Å². The number of hydrogen-bond acceptors (Lipinski definition) is 4. The summed E-state index contributed by atoms with van der Waals surface area (Å²) in [6, 6.07) is 0.514. The molecule has 0 amide bonds. The van der Waals surface area contributed by atoms with Crippen molar-refractivity contribution >= 4 is 10.0 Å². The largest absolute Gasteiger partial charge is 0.313 e. The first-order valence-corrected chi connectivity index (χ1v) is 6.61. The third-order valence-corrected chi connectivity index (χ3v) is 3.20. The Morgan fingerprint density at radius 2 is 2.29 bits per heavy atom. The van der Waals surface area contributed by atoms with Gasteiger partial charge in [-0.05, 0) is 26.4 Å². The van der Waals surface area contributed by atoms with Crippen LogP contribution in [0.1, 0.15) is 12.8 Å². The van der Waals surface area contributed by atoms with Gasteiger partial charge in [0.25, 0.3) is 0 Å². The van der Waals surface area contributed by atoms with E-state index in [1.807, 2.05) is 11.9 Å². The summed E-state index contributed by atoms with van der Waals surface area (Å²) in [6.07, 6.45) is 2.40. The predicted octanol–water partition coefficient (Wildman–Crippen LogP) is -1.04. The van der Waals surface area contributed by atoms with Crippen LogP contribution in [0, 0.1) is 0 Å². The van der Waals surface area contributed by atoms with E-state index in [9.17, 15) is 8.42 Å². The van der Waals surface area contributed by atoms with Gasteiger partial charge >= 0.3 is 0 Å². The Balaban J connectivity index is 2.18. The lowest BCUT2D eigenvalue weighted by molar-refractivity contribution is 0.315. The van der Waals surface area contributed by atoms with Crippen LogP contribution in [0.25, 0.3) is 0 Å². The molecule has 0 aromatic heterocycles. The van der Waals surface area contributed by atoms with Gasteiger partial charge in [-0.15, -0.1) is 0 Å². The second-order valence-electron chi connectivity index (χ2n) is 3.92. The van der Waals surface area contributed by atoms with Crippen molar-refractivity contribution in [1.82, 2.24) is 10.2 Å². The van der Waals surface area contributed by atoms with Crippen LogP contribution in [0.5, 0.6) is 0 Å². The van der Waals surface area contributed by atoms with E-state index in [2.05, 4.69) is 5.32 Å². The Morgan fingerprint density at radius 3 is 2.79 bits per heavy atom. The van der Waals surface area contributed by atoms with Crippen LogP contribution in [-0.2, 0) is 10.0 Å². The van der Waals surface area contributed by atoms with Gasteiger partial charge in [-0.3, -0.25) is 0 Å². The molecule has 0 aliphatic carbocycles. The van der Waals surface area contributed by atoms with Crippen molar-refractivity contribution in [2.24, 2.45) is 5.14 Å². The average molecular weight is 221 g/mol. The Hall–Kier alpha value is -0.170. The number of nitrogens with zero attached hydrogens (tertiary/aromatic N) is 1. The first-order chi connectivity index (χ1) is 6.47. The number of likely N-dealkylation sites (N-methyl/N-ethyl adjacent to an activating group) is 1. The quantitative estimate of drug-likeness (QED) is 0.622. The Kier molecular flexibility index (Phi) is 4.31. The molecule has 5 nitrogen and oxygen atoms in total. The molecule has 0 spiro atoms. The van der Waals surface area contributed by atoms with Gasteiger partial charge in [0, 0.05) is 19.1 Å². The molecule has 1 fully saturated rings. The van der Waals surface area contributed by atoms with Gasteiger partial charge < -0.3 is 10.2 Å². The van der Waals surface area contributed by atoms with Gasteiger partial charge in [-0.1, -0.05) is 0 Å². The topological polar surface area (TPSA) is 75.4 Å². The molecule has 0 radical (unpaired) electrons. The summed E-state index contributed by atoms with van der Waals surface area (Å²) in [5.74, 6) is 0.0379. The van der Waals surface area contributed by atoms with Gasteiger partial charge in [-0.2, -0.15) is 0 Å². The molecule has 14 heavy (non-hydrogen) atoms. The van der Waals surface area contributed by atoms with E-state index in [0.29, 0.717) is 12.6 Å². The van der Waals surface area contributed by atoms with E-state index in [1.54, 1.807) is 0 Å². The highest BCUT2D eigenvalue weighted by Gasteiger charge is 2.16. The molecule has 1 aliphatic heterocycles. The number of hydrogen-bond donors (Lipinski definition) is 2. The van der Waals surface area contributed by atoms with Crippen LogP contribution in [0.4, 0.5) is 0 Å². The minimum atomic E-state index is -3.31. The zero-order chi connectivity index (χ0) is 10.6. The molecule has 6 heteroatoms. The van der Waals surface area contributed by atoms with E-state index in [-0.39, 0.29) is 5.75 Å². The third-order valence-electron chi connectivity index (χ3n) is 2.45. The van der Waals surface area contributed by atoms with Crippen LogP contribution in [0.2, 0.25) is 0 Å². The Morgan fingerprint density at radius 1 is 1.57 bits per heavy atom. The van der Waals surface area contributed by atoms with E-state index < -0.39 is 10.0 Å². The van der Waals surface area contributed by atoms with Gasteiger partial charge in [0.1, 0.15) is 0 Å². The number of rotatable bonds is 5. The second kappa shape index (κ2) is 5.06. The van der Waals surface area contributed by atoms with Gasteiger partial charge in [0.05, 0.1) is 5.75 Å². The zero-order valence-electron chi connectivity index (χ0n) is 8.57. The maximum absolute atomic E-state index is 10.7. The molecule has 0 saturated carbocycles. The smallest absolute Gasteiger partial charge is 0.210 e. The first kappa shape index (κ1) is 11.9. The molecular weight excluding hydrogens is 202 g/mol. The summed E-state index contributed by atoms with van der Waals surface area (Å²) in [7, 11) is -1.39. The number of primary sulfonamides is 1. The van der Waals surface area contributed by atoms with Crippen molar-refractivity contribution in [3.8, 4) is 0 Å². The van der Waals surface area contributed by atoms with Crippen molar-refractivity contribution in [3.63, 3.8) is 0 Å². The van der Waals surface area contributed by atoms with Crippen LogP contribution in [0.15, 0.2) is 0 Å². The molecule has 1 rings (SSSR count). The fourth-order valence-corrected chi connectivity index (χ4v) is 2.23. The Labute approximate surface area is 85.7 Å². The number of sulfonamides is 1. The van der Waals surface area contributed by atoms with Crippen molar-refractivity contribution in [1.29, 1.82) is 0 Å². The van der Waals surface area contributed by atoms with Crippen molar-refractivity contribution in [3.05, 3.63) is 0 Å². The molecule has 0 aromatic carbocycles. The lowest BCUT2D eigenvalue weighted by atomic mass is 10.2. The standard InChI is InChI=1S/C8H19N3O2S/c1-11(5-6-14(9,12)13)7-8-3-2-4-10-8/h8,10H,2-7H2,1H3,(H2,9,12,13). The molecule has 0 aromatic rings. The highest BCUT2D eigenvalue weighted by molar-refractivity contribution is 7.89. The summed E-state index contributed by atoms with van der Waals surface area (Å²) in [4.78, 5) is 2.01. The van der Waals surface area contributed by atoms with Crippen LogP contribution < -0.4 is 10.5 Å². The summed E-state index contributed by atoms with van der Waals surface area (Å²) < 4.78 is 21.4. The van der Waals surface area contributed by atoms with Crippen molar-refractivity contribution < 1.29 is 8.42 Å². The number of nitrogens with one attached hydrogen (secondary N) is 1. The van der Waals surface area contributed by atoms with Gasteiger partial charge in [0.15, 0.2) is 0 Å². The average Bonchev–Trinajstić information content (AvgIpc) is 2.52. The SMILES string of the molecule is CN(CCS(N)(=O)=O)CC1CCCN1. The second-order valence-corrected chi connectivity index (χ2v) is 5.66. The normalized spacial score (nSPS) is 23.2. The maximum Gasteiger partial charge on any atom is 0.210 e. The molecule has 1 atom stereocenters. The van der Waals surface area contributed by atoms with E-state index >= 15 is 0 Å². The summed E-state index contributed by atoms with van der Waals surface area (Å²) >= 11 is 0. The summed E-state index contributed by atoms with van der Waals surface area (Å²) in [6.45, 7) is 2.49. The fourth-order valence-electron chi connectivity index (χ4n) is 1.66. The minimum Gasteiger partial charge on any atom is -0.313 e. The lowest BCUT2D eigenvalue weighted by Crippen LogP contribution is -2.38. The van der Waals surface area contributed by atoms with E-state index in [4.69, 9.17) is 5.14 Å². The van der Waals surface area contributed by atoms with Gasteiger partial charge in [0.2, 0.25) is 10.0 Å². The minimum absolute atomic E-state index is 0.0379. The molecular formula is C8H19N3O2S. The highest BCUT2D eigenvalue weighted by atomic mass is 32.2. The monoisotopic (exact) mass is 221 g/mol. The predicted molar refractivity (Wildman–Crippen MR) is 56.5 cm³/mol. The molecule has 1 unspecified atom stereocenters. The van der Waals surface area contributed by atoms with Crippen LogP contribution in [0.3, 0.4) is 0 Å². The lowest BCUT2D eigenvalue weighted by Gasteiger charge is -2.20. The summed E-state index contributed by atoms with van der Waals surface area (Å²) in [5.41, 5.74) is 0. The van der Waals surface area contributed by atoms with Crippen LogP contribution in [-0.4, -0.2) is 51.8 Å². The molecule has 84 valence electrons. The summed E-state index contributed by atoms with van der Waals surface area (Å²) in [5, 5.41) is 8.28. The Bertz CT molecular complexity index is 260. The zero-order valence-corrected chi connectivity index (χ0v) is 9.39.